The fraction of sp³-hybridized carbons (Fsp3) is 0.333. The summed E-state index contributed by atoms with van der Waals surface area (Å²) in [6.07, 6.45) is 7.45. The van der Waals surface area contributed by atoms with Crippen LogP contribution in [0.25, 0.3) is 0 Å². The number of hydrogen-bond donors (Lipinski definition) is 2. The highest BCUT2D eigenvalue weighted by Crippen LogP contribution is 2.34. The smallest absolute Gasteiger partial charge is 0.124 e. The third-order valence-electron chi connectivity index (χ3n) is 3.10. The Morgan fingerprint density at radius 2 is 2.11 bits per heavy atom. The molecule has 0 radical (unpaired) electrons. The molecule has 0 saturated heterocycles. The van der Waals surface area contributed by atoms with Gasteiger partial charge in [0.25, 0.3) is 0 Å². The molecule has 0 saturated carbocycles. The molecular weight excluding hydrogens is 224 g/mol. The van der Waals surface area contributed by atoms with E-state index in [1.807, 2.05) is 42.5 Å². The molecule has 96 valence electrons. The summed E-state index contributed by atoms with van der Waals surface area (Å²) in [4.78, 5) is 0. The van der Waals surface area contributed by atoms with Gasteiger partial charge in [0.05, 0.1) is 12.1 Å². The summed E-state index contributed by atoms with van der Waals surface area (Å²) in [5.74, 6) is 0.861. The predicted molar refractivity (Wildman–Crippen MR) is 74.1 cm³/mol. The van der Waals surface area contributed by atoms with Gasteiger partial charge in [0, 0.05) is 11.3 Å². The molecule has 0 spiro atoms. The SMILES string of the molecule is CCCOc1ccccc1C1(N)C=CC(N)=CC1. The maximum Gasteiger partial charge on any atom is 0.124 e. The predicted octanol–water partition coefficient (Wildman–Crippen LogP) is 2.43. The van der Waals surface area contributed by atoms with Crippen LogP contribution in [0.5, 0.6) is 5.75 Å². The highest BCUT2D eigenvalue weighted by molar-refractivity contribution is 5.44. The Bertz CT molecular complexity index is 479. The van der Waals surface area contributed by atoms with E-state index in [2.05, 4.69) is 6.92 Å². The van der Waals surface area contributed by atoms with Gasteiger partial charge in [-0.25, -0.2) is 0 Å². The molecule has 0 fully saturated rings. The topological polar surface area (TPSA) is 61.3 Å². The van der Waals surface area contributed by atoms with Crippen LogP contribution in [0.2, 0.25) is 0 Å². The number of ether oxygens (including phenoxy) is 1. The number of rotatable bonds is 4. The number of para-hydroxylation sites is 1. The van der Waals surface area contributed by atoms with E-state index in [0.29, 0.717) is 13.0 Å². The fourth-order valence-corrected chi connectivity index (χ4v) is 2.06. The minimum Gasteiger partial charge on any atom is -0.493 e. The van der Waals surface area contributed by atoms with Crippen molar-refractivity contribution < 1.29 is 4.74 Å². The lowest BCUT2D eigenvalue weighted by atomic mass is 9.84. The Labute approximate surface area is 108 Å². The van der Waals surface area contributed by atoms with Gasteiger partial charge < -0.3 is 16.2 Å². The molecule has 1 unspecified atom stereocenters. The van der Waals surface area contributed by atoms with Gasteiger partial charge >= 0.3 is 0 Å². The van der Waals surface area contributed by atoms with Crippen LogP contribution >= 0.6 is 0 Å². The Morgan fingerprint density at radius 1 is 1.33 bits per heavy atom. The van der Waals surface area contributed by atoms with E-state index in [4.69, 9.17) is 16.2 Å². The molecule has 2 rings (SSSR count). The van der Waals surface area contributed by atoms with Crippen molar-refractivity contribution in [1.82, 2.24) is 0 Å². The molecule has 1 aromatic rings. The third-order valence-corrected chi connectivity index (χ3v) is 3.10. The van der Waals surface area contributed by atoms with E-state index in [-0.39, 0.29) is 0 Å². The second-order valence-corrected chi connectivity index (χ2v) is 4.63. The van der Waals surface area contributed by atoms with Gasteiger partial charge in [-0.1, -0.05) is 37.3 Å². The number of benzene rings is 1. The first-order chi connectivity index (χ1) is 8.65. The van der Waals surface area contributed by atoms with Gasteiger partial charge in [-0.3, -0.25) is 0 Å². The maximum atomic E-state index is 6.45. The van der Waals surface area contributed by atoms with Crippen molar-refractivity contribution >= 4 is 0 Å². The highest BCUT2D eigenvalue weighted by atomic mass is 16.5. The first-order valence-corrected chi connectivity index (χ1v) is 6.32. The molecule has 0 amide bonds. The van der Waals surface area contributed by atoms with Crippen LogP contribution in [0.3, 0.4) is 0 Å². The Hall–Kier alpha value is -1.74. The minimum atomic E-state index is -0.521. The van der Waals surface area contributed by atoms with Crippen molar-refractivity contribution in [3.8, 4) is 5.75 Å². The lowest BCUT2D eigenvalue weighted by Crippen LogP contribution is -2.36. The monoisotopic (exact) mass is 244 g/mol. The van der Waals surface area contributed by atoms with Crippen molar-refractivity contribution in [2.45, 2.75) is 25.3 Å². The molecule has 0 aromatic heterocycles. The van der Waals surface area contributed by atoms with Crippen LogP contribution in [0, 0.1) is 0 Å². The molecule has 1 aromatic carbocycles. The van der Waals surface area contributed by atoms with Crippen LogP contribution in [-0.4, -0.2) is 6.61 Å². The molecule has 3 heteroatoms. The molecule has 1 atom stereocenters. The summed E-state index contributed by atoms with van der Waals surface area (Å²) in [5, 5.41) is 0. The zero-order valence-electron chi connectivity index (χ0n) is 10.7. The number of nitrogens with two attached hydrogens (primary N) is 2. The van der Waals surface area contributed by atoms with E-state index in [9.17, 15) is 0 Å². The van der Waals surface area contributed by atoms with E-state index in [1.54, 1.807) is 0 Å². The van der Waals surface area contributed by atoms with Crippen LogP contribution in [0.1, 0.15) is 25.3 Å². The minimum absolute atomic E-state index is 0.521. The molecule has 0 aliphatic heterocycles. The van der Waals surface area contributed by atoms with Crippen LogP contribution < -0.4 is 16.2 Å². The Kier molecular flexibility index (Phi) is 3.72. The highest BCUT2D eigenvalue weighted by Gasteiger charge is 2.28. The van der Waals surface area contributed by atoms with Crippen LogP contribution in [0.15, 0.2) is 48.2 Å². The first kappa shape index (κ1) is 12.7. The quantitative estimate of drug-likeness (QED) is 0.855. The molecular formula is C15H20N2O. The largest absolute Gasteiger partial charge is 0.493 e. The summed E-state index contributed by atoms with van der Waals surface area (Å²) in [6, 6.07) is 7.94. The standard InChI is InChI=1S/C15H20N2O/c1-2-11-18-14-6-4-3-5-13(14)15(17)9-7-12(16)8-10-15/h3-9H,2,10-11,16-17H2,1H3. The van der Waals surface area contributed by atoms with Crippen molar-refractivity contribution in [2.75, 3.05) is 6.61 Å². The van der Waals surface area contributed by atoms with E-state index >= 15 is 0 Å². The van der Waals surface area contributed by atoms with Gasteiger partial charge in [0.2, 0.25) is 0 Å². The maximum absolute atomic E-state index is 6.45. The molecule has 1 aliphatic carbocycles. The van der Waals surface area contributed by atoms with Gasteiger partial charge in [-0.2, -0.15) is 0 Å². The van der Waals surface area contributed by atoms with Crippen molar-refractivity contribution in [3.63, 3.8) is 0 Å². The average molecular weight is 244 g/mol. The van der Waals surface area contributed by atoms with E-state index < -0.39 is 5.54 Å². The normalized spacial score (nSPS) is 22.7. The summed E-state index contributed by atoms with van der Waals surface area (Å²) >= 11 is 0. The van der Waals surface area contributed by atoms with Crippen molar-refractivity contribution in [3.05, 3.63) is 53.8 Å². The van der Waals surface area contributed by atoms with Gasteiger partial charge in [0.1, 0.15) is 5.75 Å². The molecule has 0 heterocycles. The second-order valence-electron chi connectivity index (χ2n) is 4.63. The summed E-state index contributed by atoms with van der Waals surface area (Å²) in [7, 11) is 0. The molecule has 0 bridgehead atoms. The zero-order valence-corrected chi connectivity index (χ0v) is 10.7. The summed E-state index contributed by atoms with van der Waals surface area (Å²) < 4.78 is 5.77. The molecule has 3 nitrogen and oxygen atoms in total. The zero-order chi connectivity index (χ0) is 13.0. The third kappa shape index (κ3) is 2.57. The molecule has 1 aliphatic rings. The summed E-state index contributed by atoms with van der Waals surface area (Å²) in [5.41, 5.74) is 13.4. The van der Waals surface area contributed by atoms with Crippen LogP contribution in [-0.2, 0) is 5.54 Å². The van der Waals surface area contributed by atoms with Gasteiger partial charge in [-0.05, 0) is 25.0 Å². The fourth-order valence-electron chi connectivity index (χ4n) is 2.06. The van der Waals surface area contributed by atoms with Crippen LogP contribution in [0.4, 0.5) is 0 Å². The molecule has 18 heavy (non-hydrogen) atoms. The van der Waals surface area contributed by atoms with Gasteiger partial charge in [-0.15, -0.1) is 0 Å². The Balaban J connectivity index is 2.30. The van der Waals surface area contributed by atoms with E-state index in [1.165, 1.54) is 0 Å². The van der Waals surface area contributed by atoms with Crippen molar-refractivity contribution in [1.29, 1.82) is 0 Å². The second kappa shape index (κ2) is 5.27. The summed E-state index contributed by atoms with van der Waals surface area (Å²) in [6.45, 7) is 2.79. The Morgan fingerprint density at radius 3 is 2.78 bits per heavy atom. The lowest BCUT2D eigenvalue weighted by Gasteiger charge is -2.29. The van der Waals surface area contributed by atoms with Gasteiger partial charge in [0.15, 0.2) is 0 Å². The first-order valence-electron chi connectivity index (χ1n) is 6.32. The molecule has 4 N–H and O–H groups in total. The average Bonchev–Trinajstić information content (AvgIpc) is 2.40. The lowest BCUT2D eigenvalue weighted by molar-refractivity contribution is 0.308. The van der Waals surface area contributed by atoms with Crippen molar-refractivity contribution in [2.24, 2.45) is 11.5 Å². The number of hydrogen-bond acceptors (Lipinski definition) is 3. The number of allylic oxidation sites excluding steroid dienone is 1. The van der Waals surface area contributed by atoms with E-state index in [0.717, 1.165) is 23.4 Å².